The number of hydrogen-bond acceptors (Lipinski definition) is 8. The molecule has 0 spiro atoms. The third-order valence-corrected chi connectivity index (χ3v) is 7.73. The average molecular weight is 636 g/mol. The Morgan fingerprint density at radius 3 is 2.36 bits per heavy atom. The van der Waals surface area contributed by atoms with Crippen molar-refractivity contribution in [1.29, 1.82) is 0 Å². The molecule has 2 aromatic carbocycles. The lowest BCUT2D eigenvalue weighted by molar-refractivity contribution is 0.0953. The van der Waals surface area contributed by atoms with Gasteiger partial charge in [-0.15, -0.1) is 21.5 Å². The molecule has 0 saturated carbocycles. The quantitative estimate of drug-likeness (QED) is 0.172. The predicted molar refractivity (Wildman–Crippen MR) is 161 cm³/mol. The normalized spacial score (nSPS) is 11.2. The Hall–Kier alpha value is -5.04. The van der Waals surface area contributed by atoms with Gasteiger partial charge in [0.25, 0.3) is 17.7 Å². The molecule has 0 aliphatic heterocycles. The first kappa shape index (κ1) is 31.4. The Morgan fingerprint density at radius 1 is 0.978 bits per heavy atom. The number of nitrogens with one attached hydrogen (secondary N) is 1. The first-order valence-corrected chi connectivity index (χ1v) is 14.7. The number of carbonyl (C=O) groups is 2. The molecule has 5 aromatic rings. The highest BCUT2D eigenvalue weighted by Gasteiger charge is 2.30. The van der Waals surface area contributed by atoms with Crippen LogP contribution in [0.5, 0.6) is 5.88 Å². The maximum Gasteiger partial charge on any atom is 0.261 e. The number of aromatic nitrogens is 3. The summed E-state index contributed by atoms with van der Waals surface area (Å²) in [5.74, 6) is -3.22. The van der Waals surface area contributed by atoms with Gasteiger partial charge in [-0.2, -0.15) is 0 Å². The number of primary amides is 1. The maximum absolute atomic E-state index is 13.6. The highest BCUT2D eigenvalue weighted by atomic mass is 32.1. The number of halogens is 3. The monoisotopic (exact) mass is 635 g/mol. The molecule has 2 amide bonds. The third kappa shape index (κ3) is 7.20. The second-order valence-corrected chi connectivity index (χ2v) is 11.7. The minimum Gasteiger partial charge on any atom is -0.472 e. The fraction of sp³-hybridized carbons (Fsp3) is 0.219. The lowest BCUT2D eigenvalue weighted by atomic mass is 9.94. The second-order valence-electron chi connectivity index (χ2n) is 10.6. The predicted octanol–water partition coefficient (Wildman–Crippen LogP) is 6.39. The summed E-state index contributed by atoms with van der Waals surface area (Å²) in [6, 6.07) is 12.3. The van der Waals surface area contributed by atoms with Crippen LogP contribution in [0.2, 0.25) is 0 Å². The first-order chi connectivity index (χ1) is 21.5. The topological polar surface area (TPSA) is 133 Å². The van der Waals surface area contributed by atoms with E-state index in [1.165, 1.54) is 18.2 Å². The van der Waals surface area contributed by atoms with Gasteiger partial charge in [-0.05, 0) is 59.9 Å². The molecule has 0 aliphatic carbocycles. The van der Waals surface area contributed by atoms with Gasteiger partial charge in [0.1, 0.15) is 18.0 Å². The van der Waals surface area contributed by atoms with Crippen LogP contribution in [0, 0.1) is 30.3 Å². The van der Waals surface area contributed by atoms with Crippen LogP contribution in [0.4, 0.5) is 13.2 Å². The maximum atomic E-state index is 13.6. The van der Waals surface area contributed by atoms with Crippen LogP contribution in [0.15, 0.2) is 59.0 Å². The number of hydrogen-bond donors (Lipinski definition) is 2. The Bertz CT molecular complexity index is 1870. The molecule has 3 aromatic heterocycles. The molecule has 13 heteroatoms. The third-order valence-electron chi connectivity index (χ3n) is 6.63. The van der Waals surface area contributed by atoms with E-state index in [0.29, 0.717) is 33.7 Å². The molecule has 0 unspecified atom stereocenters. The summed E-state index contributed by atoms with van der Waals surface area (Å²) in [7, 11) is 0. The van der Waals surface area contributed by atoms with Gasteiger partial charge in [-0.1, -0.05) is 32.0 Å². The Morgan fingerprint density at radius 2 is 1.71 bits per heavy atom. The summed E-state index contributed by atoms with van der Waals surface area (Å²) in [6.07, 6.45) is 0.369. The summed E-state index contributed by atoms with van der Waals surface area (Å²) in [5.41, 5.74) is 7.98. The van der Waals surface area contributed by atoms with Crippen LogP contribution >= 0.6 is 11.3 Å². The zero-order valence-electron chi connectivity index (χ0n) is 24.5. The van der Waals surface area contributed by atoms with E-state index in [0.717, 1.165) is 23.5 Å². The van der Waals surface area contributed by atoms with Crippen molar-refractivity contribution in [2.75, 3.05) is 0 Å². The fourth-order valence-electron chi connectivity index (χ4n) is 4.60. The van der Waals surface area contributed by atoms with Crippen LogP contribution in [0.25, 0.3) is 21.9 Å². The number of aryl methyl sites for hydroxylation is 1. The standard InChI is InChI=1S/C32H28F3N5O4S/c1-16(2)12-23-26(29(36)41)27(24-10-11-25(45-24)30(42)37-14-19-6-9-21(34)22(35)13-19)28(32-40-39-17(3)44-32)31(38-23)43-15-18-4-7-20(33)8-5-18/h4-11,13,16H,12,14-15H2,1-3H3,(H2,36,41)(H,37,42). The van der Waals surface area contributed by atoms with Gasteiger partial charge in [0.2, 0.25) is 11.8 Å². The molecule has 3 heterocycles. The van der Waals surface area contributed by atoms with Gasteiger partial charge >= 0.3 is 0 Å². The van der Waals surface area contributed by atoms with E-state index >= 15 is 0 Å². The summed E-state index contributed by atoms with van der Waals surface area (Å²) in [5, 5.41) is 10.8. The molecule has 232 valence electrons. The number of benzene rings is 2. The van der Waals surface area contributed by atoms with E-state index in [1.54, 1.807) is 31.2 Å². The van der Waals surface area contributed by atoms with Crippen molar-refractivity contribution in [2.24, 2.45) is 11.7 Å². The van der Waals surface area contributed by atoms with E-state index in [9.17, 15) is 22.8 Å². The Labute approximate surface area is 260 Å². The number of nitrogens with two attached hydrogens (primary N) is 1. The van der Waals surface area contributed by atoms with E-state index in [2.05, 4.69) is 15.5 Å². The van der Waals surface area contributed by atoms with Crippen molar-refractivity contribution >= 4 is 23.2 Å². The number of thiophene rings is 1. The van der Waals surface area contributed by atoms with Crippen LogP contribution < -0.4 is 15.8 Å². The van der Waals surface area contributed by atoms with Gasteiger partial charge in [-0.3, -0.25) is 9.59 Å². The minimum absolute atomic E-state index is 0.00590. The Balaban J connectivity index is 1.60. The smallest absolute Gasteiger partial charge is 0.261 e. The molecular formula is C32H28F3N5O4S. The summed E-state index contributed by atoms with van der Waals surface area (Å²) >= 11 is 1.07. The zero-order valence-corrected chi connectivity index (χ0v) is 25.3. The molecule has 0 atom stereocenters. The number of nitrogens with zero attached hydrogens (tertiary/aromatic N) is 3. The highest BCUT2D eigenvalue weighted by Crippen LogP contribution is 2.44. The van der Waals surface area contributed by atoms with Crippen molar-refractivity contribution in [3.05, 3.63) is 105 Å². The molecule has 0 bridgehead atoms. The van der Waals surface area contributed by atoms with Crippen LogP contribution in [-0.2, 0) is 19.6 Å². The molecule has 0 radical (unpaired) electrons. The largest absolute Gasteiger partial charge is 0.472 e. The summed E-state index contributed by atoms with van der Waals surface area (Å²) in [6.45, 7) is 5.48. The molecular weight excluding hydrogens is 607 g/mol. The van der Waals surface area contributed by atoms with Crippen molar-refractivity contribution in [3.8, 4) is 27.8 Å². The molecule has 0 aliphatic rings. The van der Waals surface area contributed by atoms with Gasteiger partial charge < -0.3 is 20.2 Å². The van der Waals surface area contributed by atoms with E-state index in [-0.39, 0.29) is 52.7 Å². The number of ether oxygens (including phenoxy) is 1. The molecule has 45 heavy (non-hydrogen) atoms. The Kier molecular flexibility index (Phi) is 9.28. The zero-order chi connectivity index (χ0) is 32.2. The van der Waals surface area contributed by atoms with Crippen LogP contribution in [-0.4, -0.2) is 27.0 Å². The lowest BCUT2D eigenvalue weighted by Gasteiger charge is -2.19. The number of amides is 2. The van der Waals surface area contributed by atoms with E-state index < -0.39 is 29.3 Å². The number of pyridine rings is 1. The molecule has 9 nitrogen and oxygen atoms in total. The second kappa shape index (κ2) is 13.3. The molecule has 5 rings (SSSR count). The number of carbonyl (C=O) groups excluding carboxylic acids is 2. The van der Waals surface area contributed by atoms with E-state index in [1.807, 2.05) is 13.8 Å². The van der Waals surface area contributed by atoms with Crippen molar-refractivity contribution < 1.29 is 31.9 Å². The van der Waals surface area contributed by atoms with Crippen molar-refractivity contribution in [3.63, 3.8) is 0 Å². The van der Waals surface area contributed by atoms with Gasteiger partial charge in [0.15, 0.2) is 11.6 Å². The number of rotatable bonds is 11. The SMILES string of the molecule is Cc1nnc(-c2c(OCc3ccc(F)cc3)nc(CC(C)C)c(C(N)=O)c2-c2ccc(C(=O)NCc3ccc(F)c(F)c3)s2)o1. The molecule has 0 fully saturated rings. The summed E-state index contributed by atoms with van der Waals surface area (Å²) in [4.78, 5) is 31.6. The van der Waals surface area contributed by atoms with Crippen LogP contribution in [0.1, 0.15) is 56.6 Å². The van der Waals surface area contributed by atoms with Gasteiger partial charge in [-0.25, -0.2) is 18.2 Å². The summed E-state index contributed by atoms with van der Waals surface area (Å²) < 4.78 is 52.4. The van der Waals surface area contributed by atoms with Crippen molar-refractivity contribution in [2.45, 2.75) is 40.3 Å². The lowest BCUT2D eigenvalue weighted by Crippen LogP contribution is -2.21. The molecule has 3 N–H and O–H groups in total. The highest BCUT2D eigenvalue weighted by molar-refractivity contribution is 7.17. The average Bonchev–Trinajstić information content (AvgIpc) is 3.66. The fourth-order valence-corrected chi connectivity index (χ4v) is 5.58. The minimum atomic E-state index is -1.02. The van der Waals surface area contributed by atoms with Crippen LogP contribution in [0.3, 0.4) is 0 Å². The van der Waals surface area contributed by atoms with Gasteiger partial charge in [0.05, 0.1) is 16.1 Å². The molecule has 0 saturated heterocycles. The van der Waals surface area contributed by atoms with Crippen molar-refractivity contribution in [1.82, 2.24) is 20.5 Å². The van der Waals surface area contributed by atoms with E-state index in [4.69, 9.17) is 19.9 Å². The van der Waals surface area contributed by atoms with Gasteiger partial charge in [0, 0.05) is 23.9 Å². The first-order valence-electron chi connectivity index (χ1n) is 13.9.